The minimum Gasteiger partial charge on any atom is -0.497 e. The number of hydrogen-bond acceptors (Lipinski definition) is 5. The Kier molecular flexibility index (Phi) is 4.08. The molecule has 0 unspecified atom stereocenters. The van der Waals surface area contributed by atoms with E-state index in [9.17, 15) is 4.79 Å². The van der Waals surface area contributed by atoms with Crippen LogP contribution in [0.25, 0.3) is 22.2 Å². The van der Waals surface area contributed by atoms with E-state index in [0.29, 0.717) is 23.5 Å². The van der Waals surface area contributed by atoms with Crippen molar-refractivity contribution in [3.8, 4) is 17.1 Å². The first-order valence-corrected chi connectivity index (χ1v) is 7.25. The van der Waals surface area contributed by atoms with E-state index in [2.05, 4.69) is 10.1 Å². The molecule has 6 nitrogen and oxygen atoms in total. The number of methoxy groups -OCH3 is 1. The van der Waals surface area contributed by atoms with E-state index in [-0.39, 0.29) is 5.56 Å². The minimum absolute atomic E-state index is 0.129. The van der Waals surface area contributed by atoms with Crippen LogP contribution in [0.4, 0.5) is 0 Å². The number of rotatable bonds is 4. The van der Waals surface area contributed by atoms with Gasteiger partial charge in [0.15, 0.2) is 0 Å². The van der Waals surface area contributed by atoms with Gasteiger partial charge in [-0.15, -0.1) is 0 Å². The molecule has 0 saturated carbocycles. The van der Waals surface area contributed by atoms with Crippen LogP contribution >= 0.6 is 0 Å². The molecular formula is C17H18N4O2. The maximum atomic E-state index is 12.7. The summed E-state index contributed by atoms with van der Waals surface area (Å²) < 4.78 is 6.74. The van der Waals surface area contributed by atoms with Gasteiger partial charge in [-0.3, -0.25) is 14.7 Å². The predicted molar refractivity (Wildman–Crippen MR) is 89.5 cm³/mol. The van der Waals surface area contributed by atoms with Crippen molar-refractivity contribution in [1.29, 1.82) is 0 Å². The van der Waals surface area contributed by atoms with Gasteiger partial charge < -0.3 is 4.74 Å². The van der Waals surface area contributed by atoms with Gasteiger partial charge >= 0.3 is 0 Å². The second-order valence-corrected chi connectivity index (χ2v) is 5.50. The Hall–Kier alpha value is -2.73. The van der Waals surface area contributed by atoms with Crippen LogP contribution in [0.15, 0.2) is 47.4 Å². The number of nitrogens with zero attached hydrogens (tertiary/aromatic N) is 4. The number of aromatic nitrogens is 3. The number of pyridine rings is 1. The number of ether oxygens (including phenoxy) is 1. The first kappa shape index (κ1) is 15.2. The molecule has 3 rings (SSSR count). The minimum atomic E-state index is -0.129. The zero-order valence-electron chi connectivity index (χ0n) is 13.4. The van der Waals surface area contributed by atoms with Crippen molar-refractivity contribution in [3.63, 3.8) is 0 Å². The van der Waals surface area contributed by atoms with Crippen LogP contribution in [0, 0.1) is 0 Å². The summed E-state index contributed by atoms with van der Waals surface area (Å²) in [7, 11) is 5.39. The van der Waals surface area contributed by atoms with Gasteiger partial charge in [0.1, 0.15) is 11.4 Å². The maximum Gasteiger partial charge on any atom is 0.275 e. The summed E-state index contributed by atoms with van der Waals surface area (Å²) in [5.41, 5.74) is 1.26. The summed E-state index contributed by atoms with van der Waals surface area (Å²) in [4.78, 5) is 18.9. The summed E-state index contributed by atoms with van der Waals surface area (Å²) in [6, 6.07) is 11.0. The fourth-order valence-electron chi connectivity index (χ4n) is 2.45. The third-order valence-corrected chi connectivity index (χ3v) is 3.49. The lowest BCUT2D eigenvalue weighted by Gasteiger charge is -2.14. The molecule has 23 heavy (non-hydrogen) atoms. The molecule has 2 heterocycles. The highest BCUT2D eigenvalue weighted by Crippen LogP contribution is 2.26. The molecule has 2 aromatic heterocycles. The van der Waals surface area contributed by atoms with Crippen molar-refractivity contribution in [1.82, 2.24) is 19.7 Å². The van der Waals surface area contributed by atoms with Crippen LogP contribution in [0.1, 0.15) is 0 Å². The summed E-state index contributed by atoms with van der Waals surface area (Å²) in [5.74, 6) is 0.682. The monoisotopic (exact) mass is 310 g/mol. The second kappa shape index (κ2) is 6.18. The average Bonchev–Trinajstić information content (AvgIpc) is 2.57. The molecule has 0 fully saturated rings. The van der Waals surface area contributed by atoms with Crippen molar-refractivity contribution in [2.75, 3.05) is 21.2 Å². The van der Waals surface area contributed by atoms with Gasteiger partial charge in [0.05, 0.1) is 24.9 Å². The van der Waals surface area contributed by atoms with Crippen LogP contribution in [0.2, 0.25) is 0 Å². The molecule has 0 aliphatic heterocycles. The molecule has 0 N–H and O–H groups in total. The molecule has 0 atom stereocenters. The lowest BCUT2D eigenvalue weighted by molar-refractivity contribution is 0.300. The van der Waals surface area contributed by atoms with Crippen molar-refractivity contribution >= 4 is 10.8 Å². The highest BCUT2D eigenvalue weighted by molar-refractivity contribution is 5.93. The third-order valence-electron chi connectivity index (χ3n) is 3.49. The Labute approximate surface area is 134 Å². The lowest BCUT2D eigenvalue weighted by Crippen LogP contribution is -2.30. The van der Waals surface area contributed by atoms with Gasteiger partial charge in [0.25, 0.3) is 5.56 Å². The van der Waals surface area contributed by atoms with E-state index in [1.807, 2.05) is 43.3 Å². The lowest BCUT2D eigenvalue weighted by atomic mass is 10.1. The standard InChI is InChI=1S/C17H18N4O2/c1-20(2)11-21-17(22)13-8-7-12(23-3)10-14(13)16(19-21)15-6-4-5-9-18-15/h4-10H,11H2,1-3H3. The van der Waals surface area contributed by atoms with Crippen LogP contribution in [-0.4, -0.2) is 40.9 Å². The van der Waals surface area contributed by atoms with Gasteiger partial charge in [0, 0.05) is 11.6 Å². The number of fused-ring (bicyclic) bond motifs is 1. The third kappa shape index (κ3) is 2.93. The summed E-state index contributed by atoms with van der Waals surface area (Å²) >= 11 is 0. The Morgan fingerprint density at radius 2 is 2.00 bits per heavy atom. The van der Waals surface area contributed by atoms with Crippen molar-refractivity contribution in [3.05, 3.63) is 52.9 Å². The van der Waals surface area contributed by atoms with Gasteiger partial charge in [0.2, 0.25) is 0 Å². The van der Waals surface area contributed by atoms with Gasteiger partial charge in [-0.2, -0.15) is 5.10 Å². The highest BCUT2D eigenvalue weighted by Gasteiger charge is 2.14. The maximum absolute atomic E-state index is 12.7. The van der Waals surface area contributed by atoms with Crippen molar-refractivity contribution in [2.24, 2.45) is 0 Å². The highest BCUT2D eigenvalue weighted by atomic mass is 16.5. The van der Waals surface area contributed by atoms with E-state index >= 15 is 0 Å². The van der Waals surface area contributed by atoms with E-state index in [4.69, 9.17) is 4.74 Å². The molecule has 0 spiro atoms. The van der Waals surface area contributed by atoms with E-state index in [1.54, 1.807) is 25.4 Å². The summed E-state index contributed by atoms with van der Waals surface area (Å²) in [5, 5.41) is 5.87. The molecule has 3 aromatic rings. The smallest absolute Gasteiger partial charge is 0.275 e. The fourth-order valence-corrected chi connectivity index (χ4v) is 2.45. The molecule has 6 heteroatoms. The largest absolute Gasteiger partial charge is 0.497 e. The summed E-state index contributed by atoms with van der Waals surface area (Å²) in [6.45, 7) is 0.403. The Morgan fingerprint density at radius 1 is 1.17 bits per heavy atom. The zero-order valence-corrected chi connectivity index (χ0v) is 13.4. The van der Waals surface area contributed by atoms with Crippen LogP contribution in [-0.2, 0) is 6.67 Å². The number of benzene rings is 1. The average molecular weight is 310 g/mol. The molecule has 118 valence electrons. The SMILES string of the molecule is COc1ccc2c(=O)n(CN(C)C)nc(-c3ccccn3)c2c1. The Morgan fingerprint density at radius 3 is 2.65 bits per heavy atom. The normalized spacial score (nSPS) is 11.1. The quantitative estimate of drug-likeness (QED) is 0.737. The molecule has 1 aromatic carbocycles. The molecule has 0 radical (unpaired) electrons. The van der Waals surface area contributed by atoms with E-state index < -0.39 is 0 Å². The van der Waals surface area contributed by atoms with Crippen LogP contribution in [0.5, 0.6) is 5.75 Å². The molecule has 0 bridgehead atoms. The molecule has 0 aliphatic carbocycles. The molecule has 0 aliphatic rings. The Balaban J connectivity index is 2.34. The first-order chi connectivity index (χ1) is 11.1. The van der Waals surface area contributed by atoms with Gasteiger partial charge in [-0.25, -0.2) is 4.68 Å². The fraction of sp³-hybridized carbons (Fsp3) is 0.235. The topological polar surface area (TPSA) is 60.2 Å². The molecule has 0 saturated heterocycles. The number of hydrogen-bond donors (Lipinski definition) is 0. The molecular weight excluding hydrogens is 292 g/mol. The van der Waals surface area contributed by atoms with Crippen LogP contribution in [0.3, 0.4) is 0 Å². The molecule has 0 amide bonds. The first-order valence-electron chi connectivity index (χ1n) is 7.25. The predicted octanol–water partition coefficient (Wildman–Crippen LogP) is 1.99. The second-order valence-electron chi connectivity index (χ2n) is 5.50. The summed E-state index contributed by atoms with van der Waals surface area (Å²) in [6.07, 6.45) is 1.71. The van der Waals surface area contributed by atoms with Crippen molar-refractivity contribution in [2.45, 2.75) is 6.67 Å². The van der Waals surface area contributed by atoms with Gasteiger partial charge in [-0.1, -0.05) is 6.07 Å². The van der Waals surface area contributed by atoms with Gasteiger partial charge in [-0.05, 0) is 44.4 Å². The van der Waals surface area contributed by atoms with Crippen molar-refractivity contribution < 1.29 is 4.74 Å². The zero-order chi connectivity index (χ0) is 16.4. The van der Waals surface area contributed by atoms with Crippen LogP contribution < -0.4 is 10.3 Å². The Bertz CT molecular complexity index is 888. The van der Waals surface area contributed by atoms with E-state index in [0.717, 1.165) is 11.1 Å². The van der Waals surface area contributed by atoms with E-state index in [1.165, 1.54) is 4.68 Å².